The molecule has 8 heteroatoms. The molecule has 1 N–H and O–H groups in total. The Hall–Kier alpha value is -3.68. The zero-order valence-electron chi connectivity index (χ0n) is 13.5. The summed E-state index contributed by atoms with van der Waals surface area (Å²) in [6.07, 6.45) is 1.64. The lowest BCUT2D eigenvalue weighted by Gasteiger charge is -2.16. The summed E-state index contributed by atoms with van der Waals surface area (Å²) >= 11 is 0. The fourth-order valence-corrected chi connectivity index (χ4v) is 2.38. The van der Waals surface area contributed by atoms with Crippen molar-refractivity contribution in [2.24, 2.45) is 0 Å². The van der Waals surface area contributed by atoms with E-state index in [0.29, 0.717) is 5.75 Å². The fourth-order valence-electron chi connectivity index (χ4n) is 2.38. The van der Waals surface area contributed by atoms with Crippen LogP contribution in [0.25, 0.3) is 6.08 Å². The molecule has 0 bridgehead atoms. The van der Waals surface area contributed by atoms with E-state index < -0.39 is 23.4 Å². The Labute approximate surface area is 148 Å². The molecule has 0 unspecified atom stereocenters. The zero-order chi connectivity index (χ0) is 18.5. The summed E-state index contributed by atoms with van der Waals surface area (Å²) in [6, 6.07) is 12.9. The number of rotatable bonds is 5. The molecule has 0 fully saturated rings. The number of carbonyl (C=O) groups is 2. The largest absolute Gasteiger partial charge is 0.488 e. The van der Waals surface area contributed by atoms with Gasteiger partial charge in [-0.2, -0.15) is 0 Å². The predicted molar refractivity (Wildman–Crippen MR) is 92.6 cm³/mol. The van der Waals surface area contributed by atoms with Gasteiger partial charge in [-0.05, 0) is 18.2 Å². The number of nitrogens with zero attached hydrogens (tertiary/aromatic N) is 1. The molecule has 26 heavy (non-hydrogen) atoms. The normalized spacial score (nSPS) is 12.2. The lowest BCUT2D eigenvalue weighted by Crippen LogP contribution is -2.24. The molecule has 8 nitrogen and oxygen atoms in total. The number of nitrogens with one attached hydrogen (secondary N) is 1. The number of anilines is 1. The number of amides is 1. The maximum atomic E-state index is 12.1. The summed E-state index contributed by atoms with van der Waals surface area (Å²) in [6.45, 7) is -0.522. The van der Waals surface area contributed by atoms with Gasteiger partial charge in [-0.1, -0.05) is 30.3 Å². The molecule has 0 saturated carbocycles. The minimum Gasteiger partial charge on any atom is -0.488 e. The minimum absolute atomic E-state index is 0.0349. The Bertz CT molecular complexity index is 906. The van der Waals surface area contributed by atoms with Crippen molar-refractivity contribution in [3.05, 3.63) is 69.8 Å². The van der Waals surface area contributed by atoms with Crippen LogP contribution in [0.2, 0.25) is 0 Å². The van der Waals surface area contributed by atoms with Crippen molar-refractivity contribution < 1.29 is 24.0 Å². The molecule has 3 rings (SSSR count). The number of fused-ring (bicyclic) bond motifs is 1. The van der Waals surface area contributed by atoms with E-state index in [4.69, 9.17) is 9.47 Å². The van der Waals surface area contributed by atoms with Crippen LogP contribution in [0.5, 0.6) is 5.75 Å². The van der Waals surface area contributed by atoms with Gasteiger partial charge in [0.1, 0.15) is 18.0 Å². The Kier molecular flexibility index (Phi) is 4.93. The van der Waals surface area contributed by atoms with Crippen LogP contribution >= 0.6 is 0 Å². The van der Waals surface area contributed by atoms with E-state index >= 15 is 0 Å². The van der Waals surface area contributed by atoms with Gasteiger partial charge >= 0.3 is 5.97 Å². The summed E-state index contributed by atoms with van der Waals surface area (Å²) in [4.78, 5) is 34.3. The Balaban J connectivity index is 1.60. The Morgan fingerprint density at radius 2 is 1.88 bits per heavy atom. The Morgan fingerprint density at radius 1 is 1.15 bits per heavy atom. The van der Waals surface area contributed by atoms with Crippen molar-refractivity contribution in [1.29, 1.82) is 0 Å². The number of carbonyl (C=O) groups excluding carboxylic acids is 2. The van der Waals surface area contributed by atoms with Gasteiger partial charge in [0.25, 0.3) is 11.6 Å². The number of nitro groups is 1. The van der Waals surface area contributed by atoms with Gasteiger partial charge in [-0.3, -0.25) is 14.9 Å². The van der Waals surface area contributed by atoms with Crippen molar-refractivity contribution in [2.45, 2.75) is 0 Å². The molecule has 0 aromatic heterocycles. The highest BCUT2D eigenvalue weighted by atomic mass is 16.6. The summed E-state index contributed by atoms with van der Waals surface area (Å²) < 4.78 is 10.4. The fraction of sp³-hybridized carbons (Fsp3) is 0.111. The molecular weight excluding hydrogens is 340 g/mol. The number of ether oxygens (including phenoxy) is 2. The zero-order valence-corrected chi connectivity index (χ0v) is 13.5. The molecule has 0 saturated heterocycles. The molecule has 2 aromatic rings. The highest BCUT2D eigenvalue weighted by molar-refractivity contribution is 5.98. The molecule has 1 amide bonds. The van der Waals surface area contributed by atoms with Gasteiger partial charge in [0.05, 0.1) is 10.5 Å². The van der Waals surface area contributed by atoms with Crippen LogP contribution < -0.4 is 10.1 Å². The molecule has 132 valence electrons. The second-order valence-electron chi connectivity index (χ2n) is 5.39. The second-order valence-corrected chi connectivity index (χ2v) is 5.39. The van der Waals surface area contributed by atoms with E-state index in [1.54, 1.807) is 24.3 Å². The van der Waals surface area contributed by atoms with E-state index in [0.717, 1.165) is 5.56 Å². The average Bonchev–Trinajstić information content (AvgIpc) is 2.66. The molecule has 0 aliphatic carbocycles. The van der Waals surface area contributed by atoms with Gasteiger partial charge in [0.2, 0.25) is 0 Å². The number of esters is 1. The smallest absolute Gasteiger partial charge is 0.338 e. The van der Waals surface area contributed by atoms with Crippen molar-refractivity contribution in [2.75, 3.05) is 18.5 Å². The van der Waals surface area contributed by atoms with Crippen LogP contribution in [-0.2, 0) is 14.3 Å². The predicted octanol–water partition coefficient (Wildman–Crippen LogP) is 2.55. The first-order chi connectivity index (χ1) is 12.5. The average molecular weight is 354 g/mol. The SMILES string of the molecule is O=C(COC(=O)C1=Cc2ccccc2OC1)Nc1ccccc1[N+](=O)[O-]. The highest BCUT2D eigenvalue weighted by Crippen LogP contribution is 2.26. The highest BCUT2D eigenvalue weighted by Gasteiger charge is 2.20. The lowest BCUT2D eigenvalue weighted by molar-refractivity contribution is -0.383. The monoisotopic (exact) mass is 354 g/mol. The van der Waals surface area contributed by atoms with Gasteiger partial charge in [-0.15, -0.1) is 0 Å². The van der Waals surface area contributed by atoms with Crippen LogP contribution in [0, 0.1) is 10.1 Å². The van der Waals surface area contributed by atoms with Gasteiger partial charge in [-0.25, -0.2) is 4.79 Å². The molecule has 0 radical (unpaired) electrons. The minimum atomic E-state index is -0.683. The van der Waals surface area contributed by atoms with Gasteiger partial charge in [0, 0.05) is 11.6 Å². The third kappa shape index (κ3) is 3.86. The van der Waals surface area contributed by atoms with Crippen LogP contribution in [0.4, 0.5) is 11.4 Å². The van der Waals surface area contributed by atoms with Crippen LogP contribution in [0.1, 0.15) is 5.56 Å². The number of para-hydroxylation sites is 3. The molecule has 0 atom stereocenters. The number of nitro benzene ring substituents is 1. The first-order valence-corrected chi connectivity index (χ1v) is 7.67. The van der Waals surface area contributed by atoms with Crippen molar-refractivity contribution in [1.82, 2.24) is 0 Å². The molecule has 1 aliphatic rings. The van der Waals surface area contributed by atoms with Crippen LogP contribution in [0.15, 0.2) is 54.1 Å². The van der Waals surface area contributed by atoms with E-state index in [2.05, 4.69) is 5.32 Å². The number of hydrogen-bond donors (Lipinski definition) is 1. The standard InChI is InChI=1S/C18H14N2O6/c21-17(19-14-6-2-3-7-15(14)20(23)24)11-26-18(22)13-9-12-5-1-4-8-16(12)25-10-13/h1-9H,10-11H2,(H,19,21). The summed E-state index contributed by atoms with van der Waals surface area (Å²) in [5.41, 5.74) is 0.817. The third-order valence-corrected chi connectivity index (χ3v) is 3.60. The van der Waals surface area contributed by atoms with Crippen LogP contribution in [-0.4, -0.2) is 30.0 Å². The first-order valence-electron chi connectivity index (χ1n) is 7.67. The quantitative estimate of drug-likeness (QED) is 0.502. The summed E-state index contributed by atoms with van der Waals surface area (Å²) in [5, 5.41) is 13.3. The van der Waals surface area contributed by atoms with E-state index in [1.165, 1.54) is 18.2 Å². The first kappa shape index (κ1) is 17.2. The molecule has 0 spiro atoms. The van der Waals surface area contributed by atoms with E-state index in [9.17, 15) is 19.7 Å². The maximum Gasteiger partial charge on any atom is 0.338 e. The molecule has 1 heterocycles. The number of hydrogen-bond acceptors (Lipinski definition) is 6. The lowest BCUT2D eigenvalue weighted by atomic mass is 10.1. The maximum absolute atomic E-state index is 12.1. The van der Waals surface area contributed by atoms with Crippen LogP contribution in [0.3, 0.4) is 0 Å². The van der Waals surface area contributed by atoms with Gasteiger partial charge in [0.15, 0.2) is 6.61 Å². The summed E-state index contributed by atoms with van der Waals surface area (Å²) in [5.74, 6) is -0.694. The number of benzene rings is 2. The topological polar surface area (TPSA) is 108 Å². The molecule has 2 aromatic carbocycles. The van der Waals surface area contributed by atoms with Gasteiger partial charge < -0.3 is 14.8 Å². The van der Waals surface area contributed by atoms with Crippen molar-refractivity contribution in [3.63, 3.8) is 0 Å². The second kappa shape index (κ2) is 7.47. The Morgan fingerprint density at radius 3 is 2.69 bits per heavy atom. The third-order valence-electron chi connectivity index (χ3n) is 3.60. The van der Waals surface area contributed by atoms with Crippen molar-refractivity contribution >= 4 is 29.3 Å². The van der Waals surface area contributed by atoms with E-state index in [-0.39, 0.29) is 23.6 Å². The molecule has 1 aliphatic heterocycles. The molecular formula is C18H14N2O6. The van der Waals surface area contributed by atoms with E-state index in [1.807, 2.05) is 12.1 Å². The van der Waals surface area contributed by atoms with Crippen molar-refractivity contribution in [3.8, 4) is 5.75 Å². The summed E-state index contributed by atoms with van der Waals surface area (Å²) in [7, 11) is 0.